The van der Waals surface area contributed by atoms with Crippen molar-refractivity contribution in [3.05, 3.63) is 65.2 Å². The van der Waals surface area contributed by atoms with Gasteiger partial charge in [-0.05, 0) is 43.4 Å². The van der Waals surface area contributed by atoms with Gasteiger partial charge in [-0.25, -0.2) is 4.39 Å². The smallest absolute Gasteiger partial charge is 0.254 e. The summed E-state index contributed by atoms with van der Waals surface area (Å²) >= 11 is 0. The number of rotatable bonds is 10. The first-order valence-electron chi connectivity index (χ1n) is 12.6. The Morgan fingerprint density at radius 2 is 1.81 bits per heavy atom. The Balaban J connectivity index is 1.81. The number of nitrogens with one attached hydrogen (secondary N) is 2. The Bertz CT molecular complexity index is 1090. The number of alkyl halides is 1. The maximum Gasteiger partial charge on any atom is 0.254 e. The summed E-state index contributed by atoms with van der Waals surface area (Å²) in [7, 11) is 0. The first-order valence-corrected chi connectivity index (χ1v) is 12.6. The number of phenolic OH excluding ortho intramolecular Hbond substituents is 1. The third-order valence-corrected chi connectivity index (χ3v) is 6.66. The van der Waals surface area contributed by atoms with Crippen LogP contribution >= 0.6 is 0 Å². The highest BCUT2D eigenvalue weighted by atomic mass is 19.1. The first-order chi connectivity index (χ1) is 17.6. The maximum absolute atomic E-state index is 14.4. The molecule has 9 heteroatoms. The largest absolute Gasteiger partial charge is 0.508 e. The van der Waals surface area contributed by atoms with Crippen molar-refractivity contribution in [3.63, 3.8) is 0 Å². The van der Waals surface area contributed by atoms with Crippen molar-refractivity contribution >= 4 is 17.7 Å². The zero-order chi connectivity index (χ0) is 27.1. The second kappa shape index (κ2) is 12.7. The van der Waals surface area contributed by atoms with Gasteiger partial charge in [-0.1, -0.05) is 50.2 Å². The molecule has 8 nitrogen and oxygen atoms in total. The van der Waals surface area contributed by atoms with Crippen LogP contribution in [0.3, 0.4) is 0 Å². The SMILES string of the molecule is Cc1c(O)cccc1C(=O)N[C@@H](Cc1ccccc1)[C@H](O)C(=O)N1C[C@@H](F)C[C@H]1C(=O)NCCC(C)C. The molecule has 3 amide bonds. The lowest BCUT2D eigenvalue weighted by Gasteiger charge is -2.30. The van der Waals surface area contributed by atoms with Crippen molar-refractivity contribution < 1.29 is 29.0 Å². The molecule has 4 N–H and O–H groups in total. The molecule has 1 aliphatic heterocycles. The number of phenols is 1. The Morgan fingerprint density at radius 3 is 2.49 bits per heavy atom. The molecule has 0 aromatic heterocycles. The Kier molecular flexibility index (Phi) is 9.63. The third-order valence-electron chi connectivity index (χ3n) is 6.66. The number of amides is 3. The predicted octanol–water partition coefficient (Wildman–Crippen LogP) is 2.50. The number of aromatic hydroxyl groups is 1. The van der Waals surface area contributed by atoms with Crippen LogP contribution in [0.25, 0.3) is 0 Å². The van der Waals surface area contributed by atoms with Crippen LogP contribution in [0.15, 0.2) is 48.5 Å². The van der Waals surface area contributed by atoms with Crippen LogP contribution in [0.5, 0.6) is 5.75 Å². The monoisotopic (exact) mass is 513 g/mol. The number of benzene rings is 2. The lowest BCUT2D eigenvalue weighted by molar-refractivity contribution is -0.146. The molecule has 0 aliphatic carbocycles. The van der Waals surface area contributed by atoms with Gasteiger partial charge in [0, 0.05) is 24.1 Å². The van der Waals surface area contributed by atoms with Crippen molar-refractivity contribution in [1.29, 1.82) is 0 Å². The molecule has 0 radical (unpaired) electrons. The van der Waals surface area contributed by atoms with Gasteiger partial charge < -0.3 is 25.7 Å². The van der Waals surface area contributed by atoms with E-state index in [4.69, 9.17) is 0 Å². The Hall–Kier alpha value is -3.46. The molecule has 37 heavy (non-hydrogen) atoms. The quantitative estimate of drug-likeness (QED) is 0.389. The van der Waals surface area contributed by atoms with Crippen LogP contribution < -0.4 is 10.6 Å². The minimum Gasteiger partial charge on any atom is -0.508 e. The fourth-order valence-corrected chi connectivity index (χ4v) is 4.45. The van der Waals surface area contributed by atoms with Gasteiger partial charge in [0.2, 0.25) is 5.91 Å². The summed E-state index contributed by atoms with van der Waals surface area (Å²) in [4.78, 5) is 40.3. The van der Waals surface area contributed by atoms with E-state index in [1.54, 1.807) is 31.2 Å². The molecule has 4 atom stereocenters. The molecule has 1 aliphatic rings. The van der Waals surface area contributed by atoms with Crippen molar-refractivity contribution in [3.8, 4) is 5.75 Å². The molecule has 3 rings (SSSR count). The number of carbonyl (C=O) groups excluding carboxylic acids is 3. The van der Waals surface area contributed by atoms with Gasteiger partial charge >= 0.3 is 0 Å². The standard InChI is InChI=1S/C28H36FN3O5/c1-17(2)12-13-30-27(36)23-15-20(29)16-32(23)28(37)25(34)22(14-19-8-5-4-6-9-19)31-26(35)21-10-7-11-24(33)18(21)3/h4-11,17,20,22-23,25,33-34H,12-16H2,1-3H3,(H,30,36)(H,31,35)/t20-,22-,23-,25-/m0/s1. The van der Waals surface area contributed by atoms with E-state index in [0.717, 1.165) is 16.9 Å². The average Bonchev–Trinajstić information content (AvgIpc) is 3.26. The number of hydrogen-bond donors (Lipinski definition) is 4. The summed E-state index contributed by atoms with van der Waals surface area (Å²) in [6.07, 6.45) is -2.40. The van der Waals surface area contributed by atoms with Gasteiger partial charge in [0.15, 0.2) is 6.10 Å². The molecule has 200 valence electrons. The van der Waals surface area contributed by atoms with E-state index in [1.165, 1.54) is 18.2 Å². The van der Waals surface area contributed by atoms with E-state index in [1.807, 2.05) is 19.9 Å². The van der Waals surface area contributed by atoms with Crippen LogP contribution in [-0.2, 0) is 16.0 Å². The highest BCUT2D eigenvalue weighted by Gasteiger charge is 2.43. The molecule has 1 heterocycles. The van der Waals surface area contributed by atoms with Crippen LogP contribution in [0.2, 0.25) is 0 Å². The summed E-state index contributed by atoms with van der Waals surface area (Å²) in [5.41, 5.74) is 1.32. The van der Waals surface area contributed by atoms with Crippen LogP contribution in [0, 0.1) is 12.8 Å². The number of aliphatic hydroxyl groups excluding tert-OH is 1. The first kappa shape index (κ1) is 28.1. The molecule has 2 aromatic carbocycles. The Labute approximate surface area is 216 Å². The number of aliphatic hydroxyl groups is 1. The van der Waals surface area contributed by atoms with Gasteiger partial charge in [-0.2, -0.15) is 0 Å². The van der Waals surface area contributed by atoms with Gasteiger partial charge in [0.05, 0.1) is 12.6 Å². The summed E-state index contributed by atoms with van der Waals surface area (Å²) < 4.78 is 14.4. The highest BCUT2D eigenvalue weighted by Crippen LogP contribution is 2.24. The van der Waals surface area contributed by atoms with Gasteiger partial charge in [-0.3, -0.25) is 14.4 Å². The topological polar surface area (TPSA) is 119 Å². The number of nitrogens with zero attached hydrogens (tertiary/aromatic N) is 1. The highest BCUT2D eigenvalue weighted by molar-refractivity contribution is 5.97. The van der Waals surface area contributed by atoms with E-state index < -0.39 is 42.1 Å². The molecule has 0 unspecified atom stereocenters. The molecule has 0 spiro atoms. The van der Waals surface area contributed by atoms with Crippen molar-refractivity contribution in [2.45, 2.75) is 64.4 Å². The van der Waals surface area contributed by atoms with Gasteiger partial charge in [0.25, 0.3) is 11.8 Å². The van der Waals surface area contributed by atoms with Crippen LogP contribution in [-0.4, -0.2) is 70.3 Å². The maximum atomic E-state index is 14.4. The number of likely N-dealkylation sites (tertiary alicyclic amines) is 1. The third kappa shape index (κ3) is 7.29. The second-order valence-corrected chi connectivity index (χ2v) is 9.98. The molecular weight excluding hydrogens is 477 g/mol. The van der Waals surface area contributed by atoms with Crippen molar-refractivity contribution in [1.82, 2.24) is 15.5 Å². The van der Waals surface area contributed by atoms with Crippen LogP contribution in [0.4, 0.5) is 4.39 Å². The number of halogens is 1. The van der Waals surface area contributed by atoms with Crippen molar-refractivity contribution in [2.24, 2.45) is 5.92 Å². The molecule has 2 aromatic rings. The lowest BCUT2D eigenvalue weighted by atomic mass is 9.98. The molecular formula is C28H36FN3O5. The van der Waals surface area contributed by atoms with E-state index in [2.05, 4.69) is 10.6 Å². The summed E-state index contributed by atoms with van der Waals surface area (Å²) in [6.45, 7) is 5.72. The molecule has 1 saturated heterocycles. The van der Waals surface area contributed by atoms with E-state index >= 15 is 0 Å². The second-order valence-electron chi connectivity index (χ2n) is 9.98. The Morgan fingerprint density at radius 1 is 1.11 bits per heavy atom. The van der Waals surface area contributed by atoms with Crippen LogP contribution in [0.1, 0.15) is 48.2 Å². The minimum absolute atomic E-state index is 0.0544. The fourth-order valence-electron chi connectivity index (χ4n) is 4.45. The molecule has 0 saturated carbocycles. The zero-order valence-electron chi connectivity index (χ0n) is 21.5. The molecule has 0 bridgehead atoms. The van der Waals surface area contributed by atoms with E-state index in [9.17, 15) is 29.0 Å². The van der Waals surface area contributed by atoms with E-state index in [-0.39, 0.29) is 30.7 Å². The number of carbonyl (C=O) groups is 3. The summed E-state index contributed by atoms with van der Waals surface area (Å²) in [5, 5.41) is 26.6. The van der Waals surface area contributed by atoms with Gasteiger partial charge in [0.1, 0.15) is 18.0 Å². The minimum atomic E-state index is -1.72. The number of hydrogen-bond acceptors (Lipinski definition) is 5. The normalized spacial score (nSPS) is 18.9. The average molecular weight is 514 g/mol. The van der Waals surface area contributed by atoms with E-state index in [0.29, 0.717) is 18.0 Å². The van der Waals surface area contributed by atoms with Crippen molar-refractivity contribution in [2.75, 3.05) is 13.1 Å². The predicted molar refractivity (Wildman–Crippen MR) is 138 cm³/mol. The summed E-state index contributed by atoms with van der Waals surface area (Å²) in [5.74, 6) is -1.54. The molecule has 1 fully saturated rings. The lowest BCUT2D eigenvalue weighted by Crippen LogP contribution is -2.56. The fraction of sp³-hybridized carbons (Fsp3) is 0.464. The van der Waals surface area contributed by atoms with Gasteiger partial charge in [-0.15, -0.1) is 0 Å². The summed E-state index contributed by atoms with van der Waals surface area (Å²) in [6, 6.07) is 11.4. The zero-order valence-corrected chi connectivity index (χ0v) is 21.5.